The Morgan fingerprint density at radius 2 is 1.83 bits per heavy atom. The Hall–Kier alpha value is -1.05. The lowest BCUT2D eigenvalue weighted by molar-refractivity contribution is 0.226. The van der Waals surface area contributed by atoms with Crippen LogP contribution in [0.4, 0.5) is 0 Å². The smallest absolute Gasteiger partial charge is 0.247 e. The number of hydrogen-bond acceptors (Lipinski definition) is 5. The van der Waals surface area contributed by atoms with Crippen molar-refractivity contribution in [3.63, 3.8) is 0 Å². The first-order valence-corrected chi connectivity index (χ1v) is 12.6. The molecule has 0 fully saturated rings. The summed E-state index contributed by atoms with van der Waals surface area (Å²) in [5.74, 6) is -0.176. The molecule has 0 radical (unpaired) electrons. The van der Waals surface area contributed by atoms with Crippen molar-refractivity contribution in [3.05, 3.63) is 31.1 Å². The third-order valence-corrected chi connectivity index (χ3v) is 11.5. The van der Waals surface area contributed by atoms with Gasteiger partial charge in [-0.15, -0.1) is 6.58 Å². The van der Waals surface area contributed by atoms with Crippen LogP contribution in [-0.4, -0.2) is 38.6 Å². The van der Waals surface area contributed by atoms with Gasteiger partial charge in [0, 0.05) is 24.9 Å². The van der Waals surface area contributed by atoms with Gasteiger partial charge >= 0.3 is 0 Å². The largest absolute Gasteiger partial charge is 0.416 e. The molecule has 2 unspecified atom stereocenters. The van der Waals surface area contributed by atoms with E-state index in [0.717, 1.165) is 0 Å². The van der Waals surface area contributed by atoms with Crippen molar-refractivity contribution in [2.75, 3.05) is 6.61 Å². The van der Waals surface area contributed by atoms with Crippen molar-refractivity contribution in [2.24, 2.45) is 5.92 Å². The summed E-state index contributed by atoms with van der Waals surface area (Å²) in [4.78, 5) is 7.81. The van der Waals surface area contributed by atoms with Gasteiger partial charge in [0.05, 0.1) is 5.25 Å². The minimum Gasteiger partial charge on any atom is -0.416 e. The third-order valence-electron chi connectivity index (χ3n) is 4.88. The molecule has 1 heterocycles. The summed E-state index contributed by atoms with van der Waals surface area (Å²) in [6.45, 7) is 16.7. The zero-order chi connectivity index (χ0) is 18.6. The summed E-state index contributed by atoms with van der Waals surface area (Å²) in [6.07, 6.45) is 5.21. The van der Waals surface area contributed by atoms with Gasteiger partial charge in [-0.1, -0.05) is 26.8 Å². The molecule has 0 spiro atoms. The summed E-state index contributed by atoms with van der Waals surface area (Å²) in [5, 5.41) is -0.683. The molecule has 136 valence electrons. The zero-order valence-electron chi connectivity index (χ0n) is 15.6. The quantitative estimate of drug-likeness (QED) is 0.395. The second-order valence-electron chi connectivity index (χ2n) is 7.64. The fourth-order valence-electron chi connectivity index (χ4n) is 1.99. The second-order valence-corrected chi connectivity index (χ2v) is 14.6. The molecule has 0 aliphatic rings. The molecule has 2 atom stereocenters. The molecule has 1 aromatic rings. The van der Waals surface area contributed by atoms with Crippen LogP contribution in [0.25, 0.3) is 0 Å². The fraction of sp³-hybridized carbons (Fsp3) is 0.647. The SMILES string of the molecule is C=CCC(CO[Si](C)(C)C(C)(C)C)C(C)S(=O)(=O)c1ncccn1. The van der Waals surface area contributed by atoms with Gasteiger partial charge in [-0.2, -0.15) is 0 Å². The molecule has 0 bridgehead atoms. The molecule has 0 saturated heterocycles. The number of nitrogens with zero attached hydrogens (tertiary/aromatic N) is 2. The van der Waals surface area contributed by atoms with Crippen molar-refractivity contribution in [3.8, 4) is 0 Å². The highest BCUT2D eigenvalue weighted by Crippen LogP contribution is 2.37. The Kier molecular flexibility index (Phi) is 6.90. The minimum atomic E-state index is -3.60. The Labute approximate surface area is 147 Å². The molecule has 7 heteroatoms. The predicted molar refractivity (Wildman–Crippen MR) is 100 cm³/mol. The van der Waals surface area contributed by atoms with Gasteiger partial charge in [0.2, 0.25) is 15.0 Å². The van der Waals surface area contributed by atoms with Gasteiger partial charge < -0.3 is 4.43 Å². The van der Waals surface area contributed by atoms with Crippen molar-refractivity contribution < 1.29 is 12.8 Å². The van der Waals surface area contributed by atoms with Crippen LogP contribution in [0, 0.1) is 5.92 Å². The summed E-state index contributed by atoms with van der Waals surface area (Å²) in [7, 11) is -5.54. The molecule has 0 amide bonds. The van der Waals surface area contributed by atoms with Crippen LogP contribution < -0.4 is 0 Å². The van der Waals surface area contributed by atoms with Crippen LogP contribution in [-0.2, 0) is 14.3 Å². The lowest BCUT2D eigenvalue weighted by Gasteiger charge is -2.37. The maximum absolute atomic E-state index is 12.8. The monoisotopic (exact) mass is 370 g/mol. The Bertz CT molecular complexity index is 640. The van der Waals surface area contributed by atoms with Crippen molar-refractivity contribution in [2.45, 2.75) is 62.7 Å². The van der Waals surface area contributed by atoms with E-state index < -0.39 is 23.4 Å². The van der Waals surface area contributed by atoms with E-state index in [0.29, 0.717) is 13.0 Å². The highest BCUT2D eigenvalue weighted by atomic mass is 32.2. The van der Waals surface area contributed by atoms with Crippen molar-refractivity contribution in [1.82, 2.24) is 9.97 Å². The third kappa shape index (κ3) is 4.97. The second kappa shape index (κ2) is 7.88. The number of hydrogen-bond donors (Lipinski definition) is 0. The lowest BCUT2D eigenvalue weighted by atomic mass is 10.0. The fourth-order valence-corrected chi connectivity index (χ4v) is 4.50. The first-order chi connectivity index (χ1) is 10.9. The standard InChI is InChI=1S/C17H30N2O3SSi/c1-8-10-15(13-22-24(6,7)17(3,4)5)14(2)23(20,21)16-18-11-9-12-19-16/h8-9,11-12,14-15H,1,10,13H2,2-7H3. The van der Waals surface area contributed by atoms with Gasteiger partial charge in [-0.05, 0) is 37.5 Å². The summed E-state index contributed by atoms with van der Waals surface area (Å²) >= 11 is 0. The van der Waals surface area contributed by atoms with E-state index in [9.17, 15) is 8.42 Å². The lowest BCUT2D eigenvalue weighted by Crippen LogP contribution is -2.43. The van der Waals surface area contributed by atoms with Crippen LogP contribution in [0.2, 0.25) is 18.1 Å². The molecule has 0 aliphatic carbocycles. The van der Waals surface area contributed by atoms with Crippen LogP contribution in [0.3, 0.4) is 0 Å². The van der Waals surface area contributed by atoms with Crippen LogP contribution in [0.15, 0.2) is 36.3 Å². The number of sulfone groups is 1. The number of allylic oxidation sites excluding steroid dienone is 1. The summed E-state index contributed by atoms with van der Waals surface area (Å²) in [6, 6.07) is 1.60. The highest BCUT2D eigenvalue weighted by molar-refractivity contribution is 7.91. The van der Waals surface area contributed by atoms with Crippen molar-refractivity contribution in [1.29, 1.82) is 0 Å². The molecule has 0 saturated carbocycles. The van der Waals surface area contributed by atoms with Gasteiger partial charge in [0.1, 0.15) is 0 Å². The molecule has 24 heavy (non-hydrogen) atoms. The molecule has 1 rings (SSSR count). The zero-order valence-corrected chi connectivity index (χ0v) is 17.4. The first-order valence-electron chi connectivity index (χ1n) is 8.19. The van der Waals surface area contributed by atoms with Crippen molar-refractivity contribution >= 4 is 18.2 Å². The topological polar surface area (TPSA) is 69.2 Å². The summed E-state index contributed by atoms with van der Waals surface area (Å²) in [5.41, 5.74) is 0. The normalized spacial score (nSPS) is 15.8. The van der Waals surface area contributed by atoms with E-state index in [1.165, 1.54) is 12.4 Å². The maximum atomic E-state index is 12.8. The summed E-state index contributed by atoms with van der Waals surface area (Å²) < 4.78 is 31.8. The number of aromatic nitrogens is 2. The van der Waals surface area contributed by atoms with E-state index in [2.05, 4.69) is 50.4 Å². The Balaban J connectivity index is 2.98. The van der Waals surface area contributed by atoms with Gasteiger partial charge in [0.15, 0.2) is 8.32 Å². The maximum Gasteiger partial charge on any atom is 0.247 e. The van der Waals surface area contributed by atoms with E-state index >= 15 is 0 Å². The minimum absolute atomic E-state index is 0.0797. The van der Waals surface area contributed by atoms with E-state index in [1.807, 2.05) is 0 Å². The van der Waals surface area contributed by atoms with E-state index in [-0.39, 0.29) is 16.1 Å². The average molecular weight is 371 g/mol. The van der Waals surface area contributed by atoms with Gasteiger partial charge in [0.25, 0.3) is 0 Å². The molecule has 1 aromatic heterocycles. The van der Waals surface area contributed by atoms with Gasteiger partial charge in [-0.3, -0.25) is 0 Å². The molecule has 0 N–H and O–H groups in total. The van der Waals surface area contributed by atoms with E-state index in [4.69, 9.17) is 4.43 Å². The van der Waals surface area contributed by atoms with E-state index in [1.54, 1.807) is 19.1 Å². The predicted octanol–water partition coefficient (Wildman–Crippen LogP) is 3.85. The molecule has 0 aliphatic heterocycles. The van der Waals surface area contributed by atoms with Crippen LogP contribution in [0.1, 0.15) is 34.1 Å². The van der Waals surface area contributed by atoms with Gasteiger partial charge in [-0.25, -0.2) is 18.4 Å². The van der Waals surface area contributed by atoms with Crippen LogP contribution in [0.5, 0.6) is 0 Å². The Morgan fingerprint density at radius 3 is 2.29 bits per heavy atom. The highest BCUT2D eigenvalue weighted by Gasteiger charge is 2.39. The number of rotatable bonds is 8. The molecular weight excluding hydrogens is 340 g/mol. The molecule has 5 nitrogen and oxygen atoms in total. The van der Waals surface area contributed by atoms with Crippen LogP contribution >= 0.6 is 0 Å². The molecular formula is C17H30N2O3SSi. The first kappa shape index (κ1) is 21.0. The Morgan fingerprint density at radius 1 is 1.29 bits per heavy atom. The average Bonchev–Trinajstić information content (AvgIpc) is 2.50. The molecule has 0 aromatic carbocycles.